The molecule has 5 nitrogen and oxygen atoms in total. The van der Waals surface area contributed by atoms with Gasteiger partial charge in [-0.3, -0.25) is 4.79 Å². The third-order valence-electron chi connectivity index (χ3n) is 3.07. The van der Waals surface area contributed by atoms with Crippen LogP contribution in [0.15, 0.2) is 42.5 Å². The summed E-state index contributed by atoms with van der Waals surface area (Å²) >= 11 is 0. The number of hydrogen-bond donors (Lipinski definition) is 3. The second-order valence-corrected chi connectivity index (χ2v) is 4.75. The topological polar surface area (TPSA) is 86.8 Å². The molecule has 2 rings (SSSR count). The number of para-hydroxylation sites is 2. The van der Waals surface area contributed by atoms with Crippen molar-refractivity contribution in [3.63, 3.8) is 0 Å². The molecule has 0 saturated heterocycles. The number of carbonyl (C=O) groups is 1. The van der Waals surface area contributed by atoms with Crippen LogP contribution in [0.25, 0.3) is 0 Å². The summed E-state index contributed by atoms with van der Waals surface area (Å²) < 4.78 is 0. The molecule has 21 heavy (non-hydrogen) atoms. The average Bonchev–Trinajstić information content (AvgIpc) is 2.44. The summed E-state index contributed by atoms with van der Waals surface area (Å²) in [5, 5.41) is 19.0. The Balaban J connectivity index is 2.42. The molecule has 0 fully saturated rings. The highest BCUT2D eigenvalue weighted by molar-refractivity contribution is 6.08. The zero-order chi connectivity index (χ0) is 15.4. The lowest BCUT2D eigenvalue weighted by molar-refractivity contribution is 0.0986. The van der Waals surface area contributed by atoms with Gasteiger partial charge in [0.25, 0.3) is 5.91 Å². The van der Waals surface area contributed by atoms with Crippen LogP contribution < -0.4 is 10.6 Å². The molecule has 0 bridgehead atoms. The Morgan fingerprint density at radius 2 is 1.76 bits per heavy atom. The van der Waals surface area contributed by atoms with Crippen molar-refractivity contribution in [2.45, 2.75) is 13.3 Å². The monoisotopic (exact) mass is 286 g/mol. The Bertz CT molecular complexity index is 635. The lowest BCUT2D eigenvalue weighted by Crippen LogP contribution is -2.32. The molecule has 0 aliphatic carbocycles. The normalized spacial score (nSPS) is 10.3. The van der Waals surface area contributed by atoms with Gasteiger partial charge in [-0.1, -0.05) is 19.1 Å². The molecule has 4 N–H and O–H groups in total. The number of hydrogen-bond acceptors (Lipinski definition) is 4. The van der Waals surface area contributed by atoms with Gasteiger partial charge in [0.2, 0.25) is 0 Å². The van der Waals surface area contributed by atoms with Crippen molar-refractivity contribution >= 4 is 17.3 Å². The van der Waals surface area contributed by atoms with E-state index in [-0.39, 0.29) is 23.0 Å². The molecule has 0 radical (unpaired) electrons. The fourth-order valence-corrected chi connectivity index (χ4v) is 2.16. The van der Waals surface area contributed by atoms with E-state index in [1.165, 1.54) is 18.2 Å². The molecule has 2 aromatic carbocycles. The number of nitrogens with zero attached hydrogens (tertiary/aromatic N) is 1. The van der Waals surface area contributed by atoms with E-state index in [0.29, 0.717) is 17.9 Å². The van der Waals surface area contributed by atoms with Crippen LogP contribution in [0.2, 0.25) is 0 Å². The number of rotatable bonds is 4. The maximum atomic E-state index is 12.6. The zero-order valence-corrected chi connectivity index (χ0v) is 11.8. The SMILES string of the molecule is CCCN(C(=O)c1cc(O)cc(O)c1)c1ccccc1N. The summed E-state index contributed by atoms with van der Waals surface area (Å²) in [6, 6.07) is 10.9. The van der Waals surface area contributed by atoms with Crippen LogP contribution >= 0.6 is 0 Å². The molecular formula is C16H18N2O3. The standard InChI is InChI=1S/C16H18N2O3/c1-2-7-18(15-6-4-3-5-14(15)17)16(21)11-8-12(19)10-13(20)9-11/h3-6,8-10,19-20H,2,7,17H2,1H3. The fourth-order valence-electron chi connectivity index (χ4n) is 2.16. The molecule has 0 atom stereocenters. The number of amides is 1. The summed E-state index contributed by atoms with van der Waals surface area (Å²) in [4.78, 5) is 14.2. The van der Waals surface area contributed by atoms with Crippen molar-refractivity contribution in [3.05, 3.63) is 48.0 Å². The van der Waals surface area contributed by atoms with Crippen molar-refractivity contribution in [2.75, 3.05) is 17.2 Å². The van der Waals surface area contributed by atoms with E-state index in [9.17, 15) is 15.0 Å². The second kappa shape index (κ2) is 6.17. The summed E-state index contributed by atoms with van der Waals surface area (Å²) in [6.45, 7) is 2.45. The minimum Gasteiger partial charge on any atom is -0.508 e. The Morgan fingerprint density at radius 3 is 2.33 bits per heavy atom. The molecule has 110 valence electrons. The summed E-state index contributed by atoms with van der Waals surface area (Å²) in [5.74, 6) is -0.632. The van der Waals surface area contributed by atoms with E-state index < -0.39 is 0 Å². The Labute approximate surface area is 123 Å². The molecule has 0 aliphatic rings. The van der Waals surface area contributed by atoms with Gasteiger partial charge in [-0.05, 0) is 30.7 Å². The number of nitrogen functional groups attached to an aromatic ring is 1. The number of benzene rings is 2. The van der Waals surface area contributed by atoms with Gasteiger partial charge in [0, 0.05) is 18.2 Å². The predicted octanol–water partition coefficient (Wildman–Crippen LogP) is 2.74. The molecule has 1 amide bonds. The molecule has 0 aliphatic heterocycles. The number of phenols is 2. The van der Waals surface area contributed by atoms with E-state index in [1.807, 2.05) is 13.0 Å². The van der Waals surface area contributed by atoms with Crippen molar-refractivity contribution in [1.29, 1.82) is 0 Å². The van der Waals surface area contributed by atoms with Crippen molar-refractivity contribution in [3.8, 4) is 11.5 Å². The van der Waals surface area contributed by atoms with Gasteiger partial charge >= 0.3 is 0 Å². The summed E-state index contributed by atoms with van der Waals surface area (Å²) in [7, 11) is 0. The molecule has 0 saturated carbocycles. The van der Waals surface area contributed by atoms with Gasteiger partial charge in [-0.15, -0.1) is 0 Å². The lowest BCUT2D eigenvalue weighted by Gasteiger charge is -2.24. The largest absolute Gasteiger partial charge is 0.508 e. The van der Waals surface area contributed by atoms with Crippen LogP contribution in [-0.2, 0) is 0 Å². The molecule has 5 heteroatoms. The molecule has 0 aromatic heterocycles. The van der Waals surface area contributed by atoms with E-state index in [1.54, 1.807) is 23.1 Å². The number of nitrogens with two attached hydrogens (primary N) is 1. The van der Waals surface area contributed by atoms with Crippen LogP contribution in [0.1, 0.15) is 23.7 Å². The summed E-state index contributed by atoms with van der Waals surface area (Å²) in [5.41, 5.74) is 7.27. The fraction of sp³-hybridized carbons (Fsp3) is 0.188. The molecule has 0 spiro atoms. The first-order valence-electron chi connectivity index (χ1n) is 6.72. The van der Waals surface area contributed by atoms with Crippen molar-refractivity contribution in [2.24, 2.45) is 0 Å². The minimum absolute atomic E-state index is 0.157. The van der Waals surface area contributed by atoms with Crippen LogP contribution in [0.5, 0.6) is 11.5 Å². The zero-order valence-electron chi connectivity index (χ0n) is 11.8. The van der Waals surface area contributed by atoms with Gasteiger partial charge in [0.15, 0.2) is 0 Å². The Kier molecular flexibility index (Phi) is 4.33. The highest BCUT2D eigenvalue weighted by Crippen LogP contribution is 2.27. The van der Waals surface area contributed by atoms with Gasteiger partial charge in [-0.25, -0.2) is 0 Å². The number of phenolic OH excluding ortho intramolecular Hbond substituents is 2. The minimum atomic E-state index is -0.319. The molecule has 2 aromatic rings. The number of carbonyl (C=O) groups excluding carboxylic acids is 1. The van der Waals surface area contributed by atoms with Crippen molar-refractivity contribution < 1.29 is 15.0 Å². The molecule has 0 unspecified atom stereocenters. The third-order valence-corrected chi connectivity index (χ3v) is 3.07. The highest BCUT2D eigenvalue weighted by atomic mass is 16.3. The first-order chi connectivity index (χ1) is 10.0. The van der Waals surface area contributed by atoms with E-state index >= 15 is 0 Å². The maximum Gasteiger partial charge on any atom is 0.258 e. The number of aromatic hydroxyl groups is 2. The maximum absolute atomic E-state index is 12.6. The predicted molar refractivity (Wildman–Crippen MR) is 82.6 cm³/mol. The lowest BCUT2D eigenvalue weighted by atomic mass is 10.1. The Morgan fingerprint density at radius 1 is 1.14 bits per heavy atom. The first-order valence-corrected chi connectivity index (χ1v) is 6.72. The van der Waals surface area contributed by atoms with Crippen LogP contribution in [0.4, 0.5) is 11.4 Å². The van der Waals surface area contributed by atoms with Gasteiger partial charge < -0.3 is 20.8 Å². The van der Waals surface area contributed by atoms with Gasteiger partial charge in [-0.2, -0.15) is 0 Å². The van der Waals surface area contributed by atoms with Gasteiger partial charge in [0.1, 0.15) is 11.5 Å². The third kappa shape index (κ3) is 3.25. The smallest absolute Gasteiger partial charge is 0.258 e. The first kappa shape index (κ1) is 14.7. The highest BCUT2D eigenvalue weighted by Gasteiger charge is 2.19. The van der Waals surface area contributed by atoms with Crippen LogP contribution in [0.3, 0.4) is 0 Å². The number of anilines is 2. The Hall–Kier alpha value is -2.69. The van der Waals surface area contributed by atoms with Crippen LogP contribution in [0, 0.1) is 0 Å². The van der Waals surface area contributed by atoms with Crippen LogP contribution in [-0.4, -0.2) is 22.7 Å². The van der Waals surface area contributed by atoms with E-state index in [0.717, 1.165) is 6.42 Å². The molecular weight excluding hydrogens is 268 g/mol. The second-order valence-electron chi connectivity index (χ2n) is 4.75. The van der Waals surface area contributed by atoms with E-state index in [2.05, 4.69) is 0 Å². The summed E-state index contributed by atoms with van der Waals surface area (Å²) in [6.07, 6.45) is 0.755. The quantitative estimate of drug-likeness (QED) is 0.754. The van der Waals surface area contributed by atoms with E-state index in [4.69, 9.17) is 5.73 Å². The van der Waals surface area contributed by atoms with Gasteiger partial charge in [0.05, 0.1) is 11.4 Å². The molecule has 0 heterocycles. The van der Waals surface area contributed by atoms with Crippen molar-refractivity contribution in [1.82, 2.24) is 0 Å². The average molecular weight is 286 g/mol.